The molecule has 0 aliphatic carbocycles. The number of nitrogens with one attached hydrogen (secondary N) is 2. The Labute approximate surface area is 131 Å². The fourth-order valence-electron chi connectivity index (χ4n) is 2.75. The third-order valence-corrected chi connectivity index (χ3v) is 5.12. The maximum absolute atomic E-state index is 11.6. The lowest BCUT2D eigenvalue weighted by molar-refractivity contribution is -0.123. The van der Waals surface area contributed by atoms with Crippen molar-refractivity contribution in [1.29, 1.82) is 0 Å². The monoisotopic (exact) mass is 352 g/mol. The minimum absolute atomic E-state index is 0.141. The lowest BCUT2D eigenvalue weighted by Gasteiger charge is -2.27. The number of benzene rings is 1. The van der Waals surface area contributed by atoms with Crippen LogP contribution in [0.25, 0.3) is 0 Å². The standard InChI is InChI=1S/C15H17BrN2O3/c16-15(10-2-1-5-21-8-10)9-3-4-11-12(6-9)18-14(20)7-13(19)17-11/h3-4,6,10,15H,1-2,5,7-8H2,(H,17,19)(H,18,20). The lowest BCUT2D eigenvalue weighted by atomic mass is 9.93. The lowest BCUT2D eigenvalue weighted by Crippen LogP contribution is -2.21. The zero-order valence-electron chi connectivity index (χ0n) is 11.5. The summed E-state index contributed by atoms with van der Waals surface area (Å²) in [4.78, 5) is 23.3. The summed E-state index contributed by atoms with van der Waals surface area (Å²) in [5.41, 5.74) is 2.39. The van der Waals surface area contributed by atoms with Crippen molar-refractivity contribution in [2.75, 3.05) is 23.8 Å². The molecule has 2 aliphatic heterocycles. The number of ether oxygens (including phenoxy) is 1. The zero-order chi connectivity index (χ0) is 14.8. The van der Waals surface area contributed by atoms with Crippen LogP contribution in [0.15, 0.2) is 18.2 Å². The summed E-state index contributed by atoms with van der Waals surface area (Å²) in [6.45, 7) is 1.58. The molecule has 1 aromatic carbocycles. The van der Waals surface area contributed by atoms with Crippen molar-refractivity contribution in [2.45, 2.75) is 24.1 Å². The van der Waals surface area contributed by atoms with Gasteiger partial charge in [0.05, 0.1) is 18.0 Å². The summed E-state index contributed by atoms with van der Waals surface area (Å²) in [6, 6.07) is 5.74. The summed E-state index contributed by atoms with van der Waals surface area (Å²) < 4.78 is 5.53. The Bertz CT molecular complexity index is 570. The average molecular weight is 353 g/mol. The molecule has 0 bridgehead atoms. The highest BCUT2D eigenvalue weighted by atomic mass is 79.9. The van der Waals surface area contributed by atoms with E-state index in [0.717, 1.165) is 31.6 Å². The van der Waals surface area contributed by atoms with Gasteiger partial charge in [-0.25, -0.2) is 0 Å². The van der Waals surface area contributed by atoms with Gasteiger partial charge < -0.3 is 15.4 Å². The SMILES string of the molecule is O=C1CC(=O)Nc2cc(C(Br)C3CCCOC3)ccc2N1. The molecule has 1 fully saturated rings. The molecule has 2 aliphatic rings. The minimum Gasteiger partial charge on any atom is -0.381 e. The van der Waals surface area contributed by atoms with E-state index in [1.165, 1.54) is 0 Å². The zero-order valence-corrected chi connectivity index (χ0v) is 13.1. The van der Waals surface area contributed by atoms with Crippen LogP contribution in [0.5, 0.6) is 0 Å². The number of hydrogen-bond acceptors (Lipinski definition) is 3. The molecule has 2 unspecified atom stereocenters. The molecule has 112 valence electrons. The topological polar surface area (TPSA) is 67.4 Å². The molecule has 0 radical (unpaired) electrons. The molecule has 2 amide bonds. The van der Waals surface area contributed by atoms with E-state index in [4.69, 9.17) is 4.74 Å². The Hall–Kier alpha value is -1.40. The summed E-state index contributed by atoms with van der Waals surface area (Å²) in [6.07, 6.45) is 2.05. The van der Waals surface area contributed by atoms with Crippen LogP contribution in [0.4, 0.5) is 11.4 Å². The first kappa shape index (κ1) is 14.5. The Morgan fingerprint density at radius 3 is 2.67 bits per heavy atom. The first-order valence-electron chi connectivity index (χ1n) is 7.09. The van der Waals surface area contributed by atoms with Gasteiger partial charge >= 0.3 is 0 Å². The van der Waals surface area contributed by atoms with Gasteiger partial charge in [-0.2, -0.15) is 0 Å². The molecule has 1 saturated heterocycles. The van der Waals surface area contributed by atoms with Gasteiger partial charge in [0, 0.05) is 11.4 Å². The molecule has 0 saturated carbocycles. The maximum atomic E-state index is 11.6. The number of carbonyl (C=O) groups is 2. The van der Waals surface area contributed by atoms with E-state index in [9.17, 15) is 9.59 Å². The molecule has 21 heavy (non-hydrogen) atoms. The van der Waals surface area contributed by atoms with Gasteiger partial charge in [-0.05, 0) is 36.5 Å². The van der Waals surface area contributed by atoms with Gasteiger partial charge in [0.2, 0.25) is 11.8 Å². The van der Waals surface area contributed by atoms with Crippen molar-refractivity contribution in [3.63, 3.8) is 0 Å². The highest BCUT2D eigenvalue weighted by Crippen LogP contribution is 2.38. The van der Waals surface area contributed by atoms with Crippen molar-refractivity contribution in [1.82, 2.24) is 0 Å². The number of anilines is 2. The first-order chi connectivity index (χ1) is 10.1. The fraction of sp³-hybridized carbons (Fsp3) is 0.467. The maximum Gasteiger partial charge on any atom is 0.233 e. The number of hydrogen-bond donors (Lipinski definition) is 2. The molecule has 2 heterocycles. The molecule has 6 heteroatoms. The Morgan fingerprint density at radius 2 is 1.95 bits per heavy atom. The van der Waals surface area contributed by atoms with Crippen molar-refractivity contribution in [2.24, 2.45) is 5.92 Å². The summed E-state index contributed by atoms with van der Waals surface area (Å²) >= 11 is 3.74. The van der Waals surface area contributed by atoms with E-state index in [2.05, 4.69) is 26.6 Å². The number of fused-ring (bicyclic) bond motifs is 1. The van der Waals surface area contributed by atoms with Gasteiger partial charge in [-0.3, -0.25) is 9.59 Å². The van der Waals surface area contributed by atoms with E-state index in [-0.39, 0.29) is 23.1 Å². The van der Waals surface area contributed by atoms with Gasteiger partial charge in [0.15, 0.2) is 0 Å². The number of carbonyl (C=O) groups excluding carboxylic acids is 2. The average Bonchev–Trinajstić information content (AvgIpc) is 2.63. The van der Waals surface area contributed by atoms with Gasteiger partial charge in [-0.15, -0.1) is 0 Å². The molecule has 2 atom stereocenters. The third-order valence-electron chi connectivity index (χ3n) is 3.84. The molecular formula is C15H17BrN2O3. The smallest absolute Gasteiger partial charge is 0.233 e. The molecule has 2 N–H and O–H groups in total. The predicted molar refractivity (Wildman–Crippen MR) is 83.5 cm³/mol. The van der Waals surface area contributed by atoms with Crippen LogP contribution < -0.4 is 10.6 Å². The Balaban J connectivity index is 1.84. The number of amides is 2. The quantitative estimate of drug-likeness (QED) is 0.635. The van der Waals surface area contributed by atoms with Crippen molar-refractivity contribution >= 4 is 39.1 Å². The van der Waals surface area contributed by atoms with Crippen molar-refractivity contribution in [3.8, 4) is 0 Å². The highest BCUT2D eigenvalue weighted by Gasteiger charge is 2.25. The normalized spacial score (nSPS) is 23.6. The third kappa shape index (κ3) is 3.27. The van der Waals surface area contributed by atoms with Crippen LogP contribution in [0.1, 0.15) is 29.7 Å². The van der Waals surface area contributed by atoms with Crippen LogP contribution in [-0.4, -0.2) is 25.0 Å². The summed E-state index contributed by atoms with van der Waals surface area (Å²) in [5.74, 6) is -0.140. The highest BCUT2D eigenvalue weighted by molar-refractivity contribution is 9.09. The van der Waals surface area contributed by atoms with E-state index in [1.807, 2.05) is 18.2 Å². The minimum atomic E-state index is -0.282. The second-order valence-corrected chi connectivity index (χ2v) is 6.44. The molecule has 0 spiro atoms. The molecular weight excluding hydrogens is 336 g/mol. The number of alkyl halides is 1. The summed E-state index contributed by atoms with van der Waals surface area (Å²) in [5, 5.41) is 5.51. The Morgan fingerprint density at radius 1 is 1.19 bits per heavy atom. The second kappa shape index (κ2) is 6.15. The number of rotatable bonds is 2. The van der Waals surface area contributed by atoms with Crippen molar-refractivity contribution in [3.05, 3.63) is 23.8 Å². The van der Waals surface area contributed by atoms with E-state index >= 15 is 0 Å². The van der Waals surface area contributed by atoms with Gasteiger partial charge in [0.1, 0.15) is 6.42 Å². The predicted octanol–water partition coefficient (Wildman–Crippen LogP) is 2.83. The summed E-state index contributed by atoms with van der Waals surface area (Å²) in [7, 11) is 0. The number of halogens is 1. The van der Waals surface area contributed by atoms with Gasteiger partial charge in [0.25, 0.3) is 0 Å². The molecule has 0 aromatic heterocycles. The Kier molecular flexibility index (Phi) is 4.26. The van der Waals surface area contributed by atoms with Crippen LogP contribution in [0.2, 0.25) is 0 Å². The second-order valence-electron chi connectivity index (χ2n) is 5.46. The fourth-order valence-corrected chi connectivity index (χ4v) is 3.45. The van der Waals surface area contributed by atoms with Crippen LogP contribution >= 0.6 is 15.9 Å². The largest absolute Gasteiger partial charge is 0.381 e. The van der Waals surface area contributed by atoms with Crippen LogP contribution in [-0.2, 0) is 14.3 Å². The molecule has 5 nitrogen and oxygen atoms in total. The van der Waals surface area contributed by atoms with Crippen LogP contribution in [0.3, 0.4) is 0 Å². The van der Waals surface area contributed by atoms with Gasteiger partial charge in [-0.1, -0.05) is 22.0 Å². The van der Waals surface area contributed by atoms with Crippen molar-refractivity contribution < 1.29 is 14.3 Å². The first-order valence-corrected chi connectivity index (χ1v) is 8.00. The van der Waals surface area contributed by atoms with E-state index in [0.29, 0.717) is 17.3 Å². The molecule has 3 rings (SSSR count). The van der Waals surface area contributed by atoms with E-state index < -0.39 is 0 Å². The molecule has 1 aromatic rings. The van der Waals surface area contributed by atoms with Crippen LogP contribution in [0, 0.1) is 5.92 Å². The van der Waals surface area contributed by atoms with E-state index in [1.54, 1.807) is 0 Å².